The van der Waals surface area contributed by atoms with Gasteiger partial charge in [0.15, 0.2) is 0 Å². The summed E-state index contributed by atoms with van der Waals surface area (Å²) in [4.78, 5) is 16.2. The Labute approximate surface area is 252 Å². The van der Waals surface area contributed by atoms with Gasteiger partial charge in [-0.05, 0) is 66.4 Å². The number of nitrogens with one attached hydrogen (secondary N) is 2. The minimum atomic E-state index is -0.728. The van der Waals surface area contributed by atoms with Crippen molar-refractivity contribution in [2.75, 3.05) is 32.7 Å². The van der Waals surface area contributed by atoms with E-state index in [2.05, 4.69) is 46.8 Å². The molecule has 1 unspecified atom stereocenters. The number of hydrogen-bond acceptors (Lipinski definition) is 8. The van der Waals surface area contributed by atoms with Crippen LogP contribution in [0.2, 0.25) is 0 Å². The zero-order valence-electron chi connectivity index (χ0n) is 24.7. The predicted octanol–water partition coefficient (Wildman–Crippen LogP) is 5.79. The average molecular weight is 586 g/mol. The highest BCUT2D eigenvalue weighted by Crippen LogP contribution is 2.31. The van der Waals surface area contributed by atoms with Gasteiger partial charge in [-0.15, -0.1) is 0 Å². The summed E-state index contributed by atoms with van der Waals surface area (Å²) in [5, 5.41) is 16.6. The minimum absolute atomic E-state index is 0.0910. The Morgan fingerprint density at radius 3 is 2.00 bits per heavy atom. The van der Waals surface area contributed by atoms with E-state index in [9.17, 15) is 9.90 Å². The summed E-state index contributed by atoms with van der Waals surface area (Å²) in [6.45, 7) is 2.73. The van der Waals surface area contributed by atoms with E-state index >= 15 is 0 Å². The topological polar surface area (TPSA) is 111 Å². The molecule has 0 aliphatic rings. The first-order valence-corrected chi connectivity index (χ1v) is 14.2. The lowest BCUT2D eigenvalue weighted by Crippen LogP contribution is -2.37. The third kappa shape index (κ3) is 10.0. The fourth-order valence-corrected chi connectivity index (χ4v) is 4.57. The summed E-state index contributed by atoms with van der Waals surface area (Å²) in [5.74, 6) is 2.59. The Kier molecular flexibility index (Phi) is 11.8. The molecule has 4 aromatic rings. The van der Waals surface area contributed by atoms with E-state index in [0.29, 0.717) is 18.1 Å². The van der Waals surface area contributed by atoms with Crippen molar-refractivity contribution in [3.63, 3.8) is 0 Å². The van der Waals surface area contributed by atoms with E-state index < -0.39 is 12.2 Å². The second-order valence-electron chi connectivity index (χ2n) is 10.2. The number of carbonyl (C=O) groups excluding carboxylic acids is 1. The number of nitrogens with zero attached hydrogens (tertiary/aromatic N) is 1. The fraction of sp³-hybridized carbons (Fsp3) is 0.294. The summed E-state index contributed by atoms with van der Waals surface area (Å²) in [5.41, 5.74) is 3.25. The number of aromatic nitrogens is 1. The lowest BCUT2D eigenvalue weighted by molar-refractivity contribution is 0.103. The molecule has 0 saturated carbocycles. The lowest BCUT2D eigenvalue weighted by Gasteiger charge is -2.24. The highest BCUT2D eigenvalue weighted by molar-refractivity contribution is 5.83. The molecular formula is C34H39N3O6. The molecule has 1 heterocycles. The first-order chi connectivity index (χ1) is 20.9. The summed E-state index contributed by atoms with van der Waals surface area (Å²) < 4.78 is 21.6. The van der Waals surface area contributed by atoms with E-state index in [-0.39, 0.29) is 25.2 Å². The number of carbonyl (C=O) groups is 1. The maximum Gasteiger partial charge on any atom is 0.413 e. The van der Waals surface area contributed by atoms with E-state index in [1.165, 1.54) is 17.3 Å². The molecule has 4 rings (SSSR count). The Balaban J connectivity index is 1.23. The van der Waals surface area contributed by atoms with Crippen LogP contribution >= 0.6 is 0 Å². The molecule has 0 bridgehead atoms. The molecule has 0 radical (unpaired) electrons. The van der Waals surface area contributed by atoms with Crippen molar-refractivity contribution in [1.29, 1.82) is 0 Å². The molecule has 226 valence electrons. The number of anilines is 1. The van der Waals surface area contributed by atoms with E-state index in [0.717, 1.165) is 23.5 Å². The molecule has 0 saturated heterocycles. The van der Waals surface area contributed by atoms with Crippen LogP contribution in [0.5, 0.6) is 17.2 Å². The van der Waals surface area contributed by atoms with Gasteiger partial charge in [0.2, 0.25) is 0 Å². The smallest absolute Gasteiger partial charge is 0.413 e. The van der Waals surface area contributed by atoms with Crippen molar-refractivity contribution in [3.8, 4) is 17.2 Å². The number of aliphatic hydroxyl groups excluding tert-OH is 1. The lowest BCUT2D eigenvalue weighted by atomic mass is 9.86. The van der Waals surface area contributed by atoms with Crippen LogP contribution in [-0.2, 0) is 11.3 Å². The zero-order valence-corrected chi connectivity index (χ0v) is 24.7. The van der Waals surface area contributed by atoms with Crippen LogP contribution in [0.1, 0.15) is 36.0 Å². The van der Waals surface area contributed by atoms with Gasteiger partial charge in [0, 0.05) is 18.5 Å². The maximum atomic E-state index is 12.0. The summed E-state index contributed by atoms with van der Waals surface area (Å²) >= 11 is 0. The Morgan fingerprint density at radius 1 is 0.837 bits per heavy atom. The van der Waals surface area contributed by atoms with Gasteiger partial charge in [-0.25, -0.2) is 9.78 Å². The number of benzene rings is 3. The predicted molar refractivity (Wildman–Crippen MR) is 166 cm³/mol. The van der Waals surface area contributed by atoms with E-state index in [4.69, 9.17) is 18.9 Å². The summed E-state index contributed by atoms with van der Waals surface area (Å²) in [7, 11) is 3.32. The Morgan fingerprint density at radius 2 is 1.44 bits per heavy atom. The highest BCUT2D eigenvalue weighted by atomic mass is 16.5. The monoisotopic (exact) mass is 585 g/mol. The number of aliphatic hydroxyl groups is 1. The molecule has 9 heteroatoms. The molecule has 2 atom stereocenters. The summed E-state index contributed by atoms with van der Waals surface area (Å²) in [6, 6.07) is 29.1. The molecule has 9 nitrogen and oxygen atoms in total. The van der Waals surface area contributed by atoms with E-state index in [1.807, 2.05) is 54.6 Å². The molecule has 43 heavy (non-hydrogen) atoms. The second kappa shape index (κ2) is 16.1. The molecule has 0 fully saturated rings. The van der Waals surface area contributed by atoms with Gasteiger partial charge in [0.25, 0.3) is 0 Å². The van der Waals surface area contributed by atoms with Gasteiger partial charge in [-0.3, -0.25) is 5.32 Å². The fourth-order valence-electron chi connectivity index (χ4n) is 4.57. The number of methoxy groups -OCH3 is 2. The van der Waals surface area contributed by atoms with Crippen LogP contribution in [-0.4, -0.2) is 55.7 Å². The largest absolute Gasteiger partial charge is 0.497 e. The number of ether oxygens (including phenoxy) is 4. The first kappa shape index (κ1) is 31.3. The Bertz CT molecular complexity index is 1340. The van der Waals surface area contributed by atoms with Crippen molar-refractivity contribution in [2.45, 2.75) is 38.0 Å². The second-order valence-corrected chi connectivity index (χ2v) is 10.2. The van der Waals surface area contributed by atoms with E-state index in [1.54, 1.807) is 26.4 Å². The first-order valence-electron chi connectivity index (χ1n) is 14.2. The normalized spacial score (nSPS) is 12.3. The molecular weight excluding hydrogens is 546 g/mol. The van der Waals surface area contributed by atoms with Crippen LogP contribution in [0.4, 0.5) is 10.6 Å². The molecule has 1 aromatic heterocycles. The average Bonchev–Trinajstić information content (AvgIpc) is 3.05. The van der Waals surface area contributed by atoms with Crippen LogP contribution in [0.3, 0.4) is 0 Å². The van der Waals surface area contributed by atoms with Crippen LogP contribution in [0.15, 0.2) is 97.2 Å². The number of hydrogen-bond donors (Lipinski definition) is 3. The SMILES string of the molecule is COc1ccc(C(CC(C)NC[C@H](O)COc2ccc(NC(=O)OCc3ccccc3)nc2)c2ccc(OC)cc2)cc1. The molecule has 0 aliphatic carbocycles. The van der Waals surface area contributed by atoms with Gasteiger partial charge < -0.3 is 29.4 Å². The van der Waals surface area contributed by atoms with Crippen molar-refractivity contribution < 1.29 is 28.8 Å². The van der Waals surface area contributed by atoms with Crippen molar-refractivity contribution in [2.24, 2.45) is 0 Å². The maximum absolute atomic E-state index is 12.0. The molecule has 3 aromatic carbocycles. The number of amides is 1. The van der Waals surface area contributed by atoms with Crippen LogP contribution < -0.4 is 24.8 Å². The highest BCUT2D eigenvalue weighted by Gasteiger charge is 2.19. The molecule has 1 amide bonds. The number of rotatable bonds is 15. The Hall–Kier alpha value is -4.60. The molecule has 0 spiro atoms. The third-order valence-electron chi connectivity index (χ3n) is 6.95. The van der Waals surface area contributed by atoms with Crippen LogP contribution in [0, 0.1) is 0 Å². The van der Waals surface area contributed by atoms with Crippen molar-refractivity contribution in [3.05, 3.63) is 114 Å². The third-order valence-corrected chi connectivity index (χ3v) is 6.95. The molecule has 3 N–H and O–H groups in total. The standard InChI is InChI=1S/C34H39N3O6/c1-24(19-32(26-9-13-29(40-2)14-10-26)27-11-15-30(41-3)16-12-27)35-20-28(38)23-42-31-17-18-33(36-21-31)37-34(39)43-22-25-7-5-4-6-8-25/h4-18,21,24,28,32,35,38H,19-20,22-23H2,1-3H3,(H,36,37,39)/t24?,28-/m0/s1. The van der Waals surface area contributed by atoms with Gasteiger partial charge >= 0.3 is 6.09 Å². The van der Waals surface area contributed by atoms with Gasteiger partial charge in [-0.2, -0.15) is 0 Å². The van der Waals surface area contributed by atoms with Crippen molar-refractivity contribution in [1.82, 2.24) is 10.3 Å². The molecule has 0 aliphatic heterocycles. The quantitative estimate of drug-likeness (QED) is 0.161. The van der Waals surface area contributed by atoms with Gasteiger partial charge in [0.05, 0.1) is 20.4 Å². The van der Waals surface area contributed by atoms with Crippen molar-refractivity contribution >= 4 is 11.9 Å². The zero-order chi connectivity index (χ0) is 30.4. The number of pyridine rings is 1. The van der Waals surface area contributed by atoms with Gasteiger partial charge in [-0.1, -0.05) is 54.6 Å². The minimum Gasteiger partial charge on any atom is -0.497 e. The van der Waals surface area contributed by atoms with Gasteiger partial charge in [0.1, 0.15) is 42.4 Å². The van der Waals surface area contributed by atoms with Crippen LogP contribution in [0.25, 0.3) is 0 Å². The summed E-state index contributed by atoms with van der Waals surface area (Å²) in [6.07, 6.45) is 0.984.